The van der Waals surface area contributed by atoms with Crippen LogP contribution >= 0.6 is 12.2 Å². The molecule has 2 heterocycles. The minimum Gasteiger partial charge on any atom is -0.497 e. The number of nitrogens with one attached hydrogen (secondary N) is 3. The molecule has 0 spiro atoms. The fraction of sp³-hybridized carbons (Fsp3) is 0.148. The lowest BCUT2D eigenvalue weighted by molar-refractivity contribution is 0.0951. The molecule has 8 nitrogen and oxygen atoms in total. The van der Waals surface area contributed by atoms with E-state index in [4.69, 9.17) is 21.7 Å². The maximum Gasteiger partial charge on any atom is 0.278 e. The van der Waals surface area contributed by atoms with Crippen molar-refractivity contribution in [2.75, 3.05) is 14.2 Å². The highest BCUT2D eigenvalue weighted by atomic mass is 32.1. The van der Waals surface area contributed by atoms with Crippen molar-refractivity contribution < 1.29 is 14.3 Å². The number of fused-ring (bicyclic) bond motifs is 3. The summed E-state index contributed by atoms with van der Waals surface area (Å²) >= 11 is 5.51. The fourth-order valence-corrected chi connectivity index (χ4v) is 4.35. The molecule has 0 radical (unpaired) electrons. The maximum absolute atomic E-state index is 13.3. The van der Waals surface area contributed by atoms with Crippen LogP contribution in [-0.2, 0) is 13.1 Å². The van der Waals surface area contributed by atoms with Gasteiger partial charge in [-0.15, -0.1) is 0 Å². The Kier molecular flexibility index (Phi) is 6.30. The Balaban J connectivity index is 1.34. The van der Waals surface area contributed by atoms with Crippen molar-refractivity contribution in [2.24, 2.45) is 0 Å². The third-order valence-electron chi connectivity index (χ3n) is 6.11. The van der Waals surface area contributed by atoms with E-state index in [0.717, 1.165) is 27.8 Å². The van der Waals surface area contributed by atoms with E-state index in [9.17, 15) is 9.59 Å². The first-order valence-electron chi connectivity index (χ1n) is 11.3. The minimum atomic E-state index is -0.217. The molecule has 1 amide bonds. The molecule has 0 saturated carbocycles. The van der Waals surface area contributed by atoms with Crippen LogP contribution in [-0.4, -0.2) is 34.7 Å². The van der Waals surface area contributed by atoms with Gasteiger partial charge in [0.2, 0.25) is 0 Å². The van der Waals surface area contributed by atoms with Gasteiger partial charge in [-0.2, -0.15) is 0 Å². The summed E-state index contributed by atoms with van der Waals surface area (Å²) in [5, 5.41) is 3.75. The van der Waals surface area contributed by atoms with Crippen molar-refractivity contribution >= 4 is 40.1 Å². The van der Waals surface area contributed by atoms with Crippen molar-refractivity contribution in [1.29, 1.82) is 0 Å². The Morgan fingerprint density at radius 2 is 1.56 bits per heavy atom. The number of benzene rings is 3. The average molecular weight is 501 g/mol. The molecule has 182 valence electrons. The van der Waals surface area contributed by atoms with Crippen LogP contribution in [0.15, 0.2) is 71.5 Å². The van der Waals surface area contributed by atoms with Crippen molar-refractivity contribution in [3.05, 3.63) is 98.5 Å². The number of nitrogens with zero attached hydrogens (tertiary/aromatic N) is 1. The maximum atomic E-state index is 13.3. The van der Waals surface area contributed by atoms with Gasteiger partial charge < -0.3 is 24.8 Å². The molecule has 3 N–H and O–H groups in total. The van der Waals surface area contributed by atoms with E-state index in [-0.39, 0.29) is 18.0 Å². The molecule has 0 saturated heterocycles. The topological polar surface area (TPSA) is 101 Å². The van der Waals surface area contributed by atoms with Crippen LogP contribution in [0.5, 0.6) is 11.5 Å². The van der Waals surface area contributed by atoms with E-state index in [1.165, 1.54) is 4.57 Å². The summed E-state index contributed by atoms with van der Waals surface area (Å²) in [6.45, 7) is 0.683. The Labute approximate surface area is 211 Å². The van der Waals surface area contributed by atoms with Crippen LogP contribution in [0, 0.1) is 4.77 Å². The summed E-state index contributed by atoms with van der Waals surface area (Å²) in [7, 11) is 3.21. The number of carbonyl (C=O) groups excluding carboxylic acids is 1. The molecule has 0 aliphatic rings. The largest absolute Gasteiger partial charge is 0.497 e. The zero-order valence-corrected chi connectivity index (χ0v) is 20.6. The Morgan fingerprint density at radius 3 is 2.25 bits per heavy atom. The van der Waals surface area contributed by atoms with Crippen molar-refractivity contribution in [1.82, 2.24) is 19.9 Å². The molecule has 0 aliphatic carbocycles. The molecule has 36 heavy (non-hydrogen) atoms. The van der Waals surface area contributed by atoms with Crippen molar-refractivity contribution in [3.63, 3.8) is 0 Å². The third kappa shape index (κ3) is 4.48. The van der Waals surface area contributed by atoms with Crippen molar-refractivity contribution in [3.8, 4) is 11.5 Å². The number of aromatic amines is 2. The molecule has 0 aliphatic heterocycles. The van der Waals surface area contributed by atoms with E-state index < -0.39 is 0 Å². The predicted molar refractivity (Wildman–Crippen MR) is 142 cm³/mol. The van der Waals surface area contributed by atoms with E-state index in [1.807, 2.05) is 54.6 Å². The van der Waals surface area contributed by atoms with Crippen LogP contribution in [0.1, 0.15) is 21.5 Å². The lowest BCUT2D eigenvalue weighted by atomic mass is 10.1. The van der Waals surface area contributed by atoms with Gasteiger partial charge in [-0.05, 0) is 65.8 Å². The molecular formula is C27H24N4O4S. The molecule has 5 rings (SSSR count). The smallest absolute Gasteiger partial charge is 0.278 e. The lowest BCUT2D eigenvalue weighted by Gasteiger charge is -2.09. The highest BCUT2D eigenvalue weighted by Gasteiger charge is 2.13. The van der Waals surface area contributed by atoms with Crippen molar-refractivity contribution in [2.45, 2.75) is 13.1 Å². The first-order valence-corrected chi connectivity index (χ1v) is 11.7. The summed E-state index contributed by atoms with van der Waals surface area (Å²) in [5.74, 6) is 1.28. The Bertz CT molecular complexity index is 1680. The number of hydrogen-bond acceptors (Lipinski definition) is 5. The second kappa shape index (κ2) is 9.71. The van der Waals surface area contributed by atoms with Gasteiger partial charge in [0.05, 0.1) is 26.3 Å². The molecule has 0 atom stereocenters. The quantitative estimate of drug-likeness (QED) is 0.285. The van der Waals surface area contributed by atoms with Crippen LogP contribution in [0.2, 0.25) is 0 Å². The summed E-state index contributed by atoms with van der Waals surface area (Å²) in [4.78, 5) is 32.2. The standard InChI is InChI=1S/C27H24N4O4S/c1-34-19-9-5-16(6-10-19)14-28-25(32)18-7-3-17(4-8-18)15-31-26(33)24-23(30-27(31)36)21-13-20(35-2)11-12-22(21)29-24/h3-13,29H,14-15H2,1-2H3,(H,28,32)(H,30,36). The summed E-state index contributed by atoms with van der Waals surface area (Å²) < 4.78 is 12.3. The highest BCUT2D eigenvalue weighted by molar-refractivity contribution is 7.71. The van der Waals surface area contributed by atoms with Gasteiger partial charge >= 0.3 is 0 Å². The zero-order chi connectivity index (χ0) is 25.2. The SMILES string of the molecule is COc1ccc(CNC(=O)c2ccc(Cn3c(=S)[nH]c4c([nH]c5ccc(OC)cc54)c3=O)cc2)cc1. The van der Waals surface area contributed by atoms with Gasteiger partial charge in [0.15, 0.2) is 4.77 Å². The van der Waals surface area contributed by atoms with E-state index >= 15 is 0 Å². The molecule has 2 aromatic heterocycles. The van der Waals surface area contributed by atoms with Gasteiger partial charge in [0.1, 0.15) is 17.0 Å². The molecule has 3 aromatic carbocycles. The predicted octanol–water partition coefficient (Wildman–Crippen LogP) is 4.54. The number of rotatable bonds is 7. The van der Waals surface area contributed by atoms with E-state index in [0.29, 0.717) is 33.7 Å². The zero-order valence-electron chi connectivity index (χ0n) is 19.8. The molecule has 9 heteroatoms. The summed E-state index contributed by atoms with van der Waals surface area (Å²) in [6, 6.07) is 20.2. The second-order valence-corrected chi connectivity index (χ2v) is 8.72. The van der Waals surface area contributed by atoms with E-state index in [1.54, 1.807) is 26.4 Å². The fourth-order valence-electron chi connectivity index (χ4n) is 4.11. The van der Waals surface area contributed by atoms with Gasteiger partial charge in [-0.1, -0.05) is 24.3 Å². The summed E-state index contributed by atoms with van der Waals surface area (Å²) in [6.07, 6.45) is 0. The van der Waals surface area contributed by atoms with Crippen LogP contribution in [0.3, 0.4) is 0 Å². The third-order valence-corrected chi connectivity index (χ3v) is 6.43. The number of ether oxygens (including phenoxy) is 2. The van der Waals surface area contributed by atoms with Crippen LogP contribution in [0.4, 0.5) is 0 Å². The number of aromatic nitrogens is 3. The Hall–Kier alpha value is -4.37. The number of carbonyl (C=O) groups is 1. The van der Waals surface area contributed by atoms with Gasteiger partial charge in [0.25, 0.3) is 11.5 Å². The minimum absolute atomic E-state index is 0.179. The van der Waals surface area contributed by atoms with Gasteiger partial charge in [-0.3, -0.25) is 14.2 Å². The first kappa shape index (κ1) is 23.4. The first-order chi connectivity index (χ1) is 17.5. The lowest BCUT2D eigenvalue weighted by Crippen LogP contribution is -2.23. The number of hydrogen-bond donors (Lipinski definition) is 3. The molecule has 0 fully saturated rings. The van der Waals surface area contributed by atoms with Crippen LogP contribution < -0.4 is 20.3 Å². The molecule has 0 bridgehead atoms. The number of amides is 1. The van der Waals surface area contributed by atoms with Gasteiger partial charge in [-0.25, -0.2) is 0 Å². The average Bonchev–Trinajstić information content (AvgIpc) is 3.28. The Morgan fingerprint density at radius 1 is 0.889 bits per heavy atom. The van der Waals surface area contributed by atoms with Crippen LogP contribution in [0.25, 0.3) is 21.9 Å². The number of H-pyrrole nitrogens is 2. The number of methoxy groups -OCH3 is 2. The monoisotopic (exact) mass is 500 g/mol. The van der Waals surface area contributed by atoms with Gasteiger partial charge in [0, 0.05) is 23.0 Å². The molecular weight excluding hydrogens is 476 g/mol. The highest BCUT2D eigenvalue weighted by Crippen LogP contribution is 2.26. The second-order valence-electron chi connectivity index (χ2n) is 8.34. The normalized spacial score (nSPS) is 11.1. The molecule has 0 unspecified atom stereocenters. The molecule has 5 aromatic rings. The summed E-state index contributed by atoms with van der Waals surface area (Å²) in [5.41, 5.74) is 4.05. The van der Waals surface area contributed by atoms with E-state index in [2.05, 4.69) is 15.3 Å².